The molecule has 0 aliphatic carbocycles. The highest BCUT2D eigenvalue weighted by Gasteiger charge is 2.00. The minimum absolute atomic E-state index is 0.626. The molecule has 0 aromatic heterocycles. The van der Waals surface area contributed by atoms with Gasteiger partial charge in [-0.2, -0.15) is 0 Å². The molecule has 0 radical (unpaired) electrons. The number of nitrogens with two attached hydrogens (primary N) is 1. The van der Waals surface area contributed by atoms with E-state index in [1.807, 2.05) is 0 Å². The maximum atomic E-state index is 5.59. The summed E-state index contributed by atoms with van der Waals surface area (Å²) in [5.74, 6) is 0. The van der Waals surface area contributed by atoms with Gasteiger partial charge in [-0.25, -0.2) is 0 Å². The molecule has 2 heteroatoms. The summed E-state index contributed by atoms with van der Waals surface area (Å²) in [5.41, 5.74) is 8.08. The van der Waals surface area contributed by atoms with Crippen LogP contribution < -0.4 is 10.6 Å². The number of nitrogens with zero attached hydrogens (tertiary/aromatic N) is 1. The third kappa shape index (κ3) is 5.22. The van der Waals surface area contributed by atoms with E-state index in [1.54, 1.807) is 0 Å². The van der Waals surface area contributed by atoms with E-state index in [0.29, 0.717) is 6.54 Å². The molecule has 0 aliphatic rings. The van der Waals surface area contributed by atoms with Gasteiger partial charge in [0.15, 0.2) is 0 Å². The van der Waals surface area contributed by atoms with Gasteiger partial charge in [-0.1, -0.05) is 44.7 Å². The van der Waals surface area contributed by atoms with Gasteiger partial charge in [0.25, 0.3) is 0 Å². The van der Waals surface area contributed by atoms with Crippen LogP contribution in [0.5, 0.6) is 0 Å². The van der Waals surface area contributed by atoms with Gasteiger partial charge in [0.05, 0.1) is 0 Å². The molecule has 17 heavy (non-hydrogen) atoms. The number of rotatable bonds is 8. The lowest BCUT2D eigenvalue weighted by molar-refractivity contribution is 0.629. The molecule has 0 bridgehead atoms. The summed E-state index contributed by atoms with van der Waals surface area (Å²) in [7, 11) is 2.16. The van der Waals surface area contributed by atoms with Crippen molar-refractivity contribution in [3.63, 3.8) is 0 Å². The molecule has 0 saturated carbocycles. The summed E-state index contributed by atoms with van der Waals surface area (Å²) in [5, 5.41) is 0. The zero-order valence-corrected chi connectivity index (χ0v) is 11.3. The van der Waals surface area contributed by atoms with Crippen LogP contribution in [0.3, 0.4) is 0 Å². The second-order valence-corrected chi connectivity index (χ2v) is 4.71. The van der Waals surface area contributed by atoms with Gasteiger partial charge in [-0.3, -0.25) is 0 Å². The molecular weight excluding hydrogens is 208 g/mol. The van der Waals surface area contributed by atoms with Gasteiger partial charge in [0, 0.05) is 25.8 Å². The van der Waals surface area contributed by atoms with Crippen molar-refractivity contribution in [3.05, 3.63) is 29.8 Å². The average molecular weight is 234 g/mol. The Bertz CT molecular complexity index is 292. The first-order valence-electron chi connectivity index (χ1n) is 6.78. The van der Waals surface area contributed by atoms with Crippen molar-refractivity contribution in [1.29, 1.82) is 0 Å². The molecule has 2 nitrogen and oxygen atoms in total. The minimum Gasteiger partial charge on any atom is -0.375 e. The van der Waals surface area contributed by atoms with Crippen LogP contribution in [0.15, 0.2) is 24.3 Å². The second kappa shape index (κ2) is 8.13. The fourth-order valence-corrected chi connectivity index (χ4v) is 1.97. The molecule has 96 valence electrons. The fourth-order valence-electron chi connectivity index (χ4n) is 1.97. The molecule has 0 heterocycles. The van der Waals surface area contributed by atoms with E-state index >= 15 is 0 Å². The summed E-state index contributed by atoms with van der Waals surface area (Å²) >= 11 is 0. The van der Waals surface area contributed by atoms with Crippen LogP contribution in [0, 0.1) is 0 Å². The quantitative estimate of drug-likeness (QED) is 0.697. The second-order valence-electron chi connectivity index (χ2n) is 4.71. The van der Waals surface area contributed by atoms with Gasteiger partial charge in [0.2, 0.25) is 0 Å². The van der Waals surface area contributed by atoms with Crippen molar-refractivity contribution < 1.29 is 0 Å². The summed E-state index contributed by atoms with van der Waals surface area (Å²) in [6.07, 6.45) is 6.69. The van der Waals surface area contributed by atoms with Crippen molar-refractivity contribution >= 4 is 5.69 Å². The van der Waals surface area contributed by atoms with Crippen LogP contribution in [0.2, 0.25) is 0 Å². The maximum Gasteiger partial charge on any atom is 0.0363 e. The monoisotopic (exact) mass is 234 g/mol. The lowest BCUT2D eigenvalue weighted by Gasteiger charge is -2.19. The molecule has 0 spiro atoms. The van der Waals surface area contributed by atoms with E-state index in [-0.39, 0.29) is 0 Å². The molecule has 1 aromatic rings. The Labute approximate surface area is 106 Å². The number of unbranched alkanes of at least 4 members (excludes halogenated alkanes) is 4. The van der Waals surface area contributed by atoms with E-state index in [1.165, 1.54) is 43.4 Å². The van der Waals surface area contributed by atoms with E-state index in [2.05, 4.69) is 43.1 Å². The smallest absolute Gasteiger partial charge is 0.0363 e. The molecule has 0 saturated heterocycles. The summed E-state index contributed by atoms with van der Waals surface area (Å²) in [4.78, 5) is 2.33. The first-order valence-corrected chi connectivity index (χ1v) is 6.78. The SMILES string of the molecule is CCCCCCCN(C)c1ccc(CN)cc1. The average Bonchev–Trinajstić information content (AvgIpc) is 2.38. The fraction of sp³-hybridized carbons (Fsp3) is 0.600. The third-order valence-corrected chi connectivity index (χ3v) is 3.21. The molecule has 2 N–H and O–H groups in total. The van der Waals surface area contributed by atoms with Gasteiger partial charge in [-0.05, 0) is 24.1 Å². The third-order valence-electron chi connectivity index (χ3n) is 3.21. The van der Waals surface area contributed by atoms with Gasteiger partial charge in [0.1, 0.15) is 0 Å². The zero-order valence-electron chi connectivity index (χ0n) is 11.3. The number of hydrogen-bond donors (Lipinski definition) is 1. The molecule has 1 aromatic carbocycles. The molecular formula is C15H26N2. The summed E-state index contributed by atoms with van der Waals surface area (Å²) in [6, 6.07) is 8.55. The van der Waals surface area contributed by atoms with Crippen molar-refractivity contribution in [3.8, 4) is 0 Å². The van der Waals surface area contributed by atoms with Crippen LogP contribution in [0.25, 0.3) is 0 Å². The van der Waals surface area contributed by atoms with Gasteiger partial charge in [-0.15, -0.1) is 0 Å². The predicted octanol–water partition coefficient (Wildman–Crippen LogP) is 3.55. The molecule has 1 rings (SSSR count). The standard InChI is InChI=1S/C15H26N2/c1-3-4-5-6-7-12-17(2)15-10-8-14(13-16)9-11-15/h8-11H,3-7,12-13,16H2,1-2H3. The molecule has 0 fully saturated rings. The Balaban J connectivity index is 2.28. The van der Waals surface area contributed by atoms with Crippen LogP contribution in [-0.2, 0) is 6.54 Å². The number of anilines is 1. The van der Waals surface area contributed by atoms with Crippen molar-refractivity contribution in [2.45, 2.75) is 45.6 Å². The van der Waals surface area contributed by atoms with Crippen LogP contribution >= 0.6 is 0 Å². The van der Waals surface area contributed by atoms with Gasteiger partial charge >= 0.3 is 0 Å². The minimum atomic E-state index is 0.626. The number of benzene rings is 1. The van der Waals surface area contributed by atoms with Crippen LogP contribution in [-0.4, -0.2) is 13.6 Å². The normalized spacial score (nSPS) is 10.5. The Morgan fingerprint density at radius 2 is 1.65 bits per heavy atom. The summed E-state index contributed by atoms with van der Waals surface area (Å²) < 4.78 is 0. The molecule has 0 amide bonds. The molecule has 0 unspecified atom stereocenters. The predicted molar refractivity (Wildman–Crippen MR) is 76.4 cm³/mol. The number of hydrogen-bond acceptors (Lipinski definition) is 2. The lowest BCUT2D eigenvalue weighted by Crippen LogP contribution is -2.18. The highest BCUT2D eigenvalue weighted by molar-refractivity contribution is 5.46. The van der Waals surface area contributed by atoms with Crippen LogP contribution in [0.1, 0.15) is 44.6 Å². The van der Waals surface area contributed by atoms with Crippen molar-refractivity contribution in [1.82, 2.24) is 0 Å². The Morgan fingerprint density at radius 3 is 2.24 bits per heavy atom. The topological polar surface area (TPSA) is 29.3 Å². The van der Waals surface area contributed by atoms with Crippen molar-refractivity contribution in [2.24, 2.45) is 5.73 Å². The molecule has 0 atom stereocenters. The Hall–Kier alpha value is -1.02. The zero-order chi connectivity index (χ0) is 12.5. The van der Waals surface area contributed by atoms with Gasteiger partial charge < -0.3 is 10.6 Å². The Morgan fingerprint density at radius 1 is 1.00 bits per heavy atom. The summed E-state index contributed by atoms with van der Waals surface area (Å²) in [6.45, 7) is 4.03. The van der Waals surface area contributed by atoms with E-state index in [4.69, 9.17) is 5.73 Å². The Kier molecular flexibility index (Phi) is 6.71. The van der Waals surface area contributed by atoms with E-state index in [0.717, 1.165) is 6.54 Å². The largest absolute Gasteiger partial charge is 0.375 e. The van der Waals surface area contributed by atoms with E-state index < -0.39 is 0 Å². The molecule has 0 aliphatic heterocycles. The maximum absolute atomic E-state index is 5.59. The van der Waals surface area contributed by atoms with E-state index in [9.17, 15) is 0 Å². The highest BCUT2D eigenvalue weighted by atomic mass is 15.1. The first-order chi connectivity index (χ1) is 8.27. The van der Waals surface area contributed by atoms with Crippen molar-refractivity contribution in [2.75, 3.05) is 18.5 Å². The highest BCUT2D eigenvalue weighted by Crippen LogP contribution is 2.14. The van der Waals surface area contributed by atoms with Crippen LogP contribution in [0.4, 0.5) is 5.69 Å². The lowest BCUT2D eigenvalue weighted by atomic mass is 10.1. The first kappa shape index (κ1) is 14.0.